The predicted molar refractivity (Wildman–Crippen MR) is 65.8 cm³/mol. The van der Waals surface area contributed by atoms with E-state index in [1.165, 1.54) is 6.20 Å². The van der Waals surface area contributed by atoms with Crippen LogP contribution in [0.1, 0.15) is 11.3 Å². The highest BCUT2D eigenvalue weighted by Gasteiger charge is 2.05. The molecule has 0 saturated carbocycles. The van der Waals surface area contributed by atoms with Gasteiger partial charge in [-0.05, 0) is 25.1 Å². The molecular weight excluding hydrogens is 232 g/mol. The highest BCUT2D eigenvalue weighted by Crippen LogP contribution is 2.21. The van der Waals surface area contributed by atoms with Crippen molar-refractivity contribution in [1.29, 1.82) is 0 Å². The van der Waals surface area contributed by atoms with E-state index in [0.29, 0.717) is 17.2 Å². The van der Waals surface area contributed by atoms with Gasteiger partial charge in [-0.1, -0.05) is 5.16 Å². The molecule has 2 aromatic rings. The summed E-state index contributed by atoms with van der Waals surface area (Å²) in [5, 5.41) is 11.5. The van der Waals surface area contributed by atoms with E-state index in [0.717, 1.165) is 5.69 Å². The third kappa shape index (κ3) is 2.54. The van der Waals surface area contributed by atoms with Gasteiger partial charge in [-0.2, -0.15) is 0 Å². The smallest absolute Gasteiger partial charge is 0.220 e. The number of hydrogen-bond donors (Lipinski definition) is 2. The maximum atomic E-state index is 8.60. The number of aromatic nitrogens is 2. The first-order valence-corrected chi connectivity index (χ1v) is 5.24. The van der Waals surface area contributed by atoms with Gasteiger partial charge >= 0.3 is 0 Å². The van der Waals surface area contributed by atoms with Crippen molar-refractivity contribution in [3.8, 4) is 11.6 Å². The number of pyridine rings is 2. The second-order valence-corrected chi connectivity index (χ2v) is 3.56. The molecule has 0 amide bonds. The molecule has 2 aromatic heterocycles. The Bertz CT molecular complexity index is 584. The molecule has 0 fully saturated rings. The van der Waals surface area contributed by atoms with E-state index in [1.807, 2.05) is 6.92 Å². The maximum absolute atomic E-state index is 8.60. The Morgan fingerprint density at radius 3 is 2.89 bits per heavy atom. The Morgan fingerprint density at radius 1 is 1.33 bits per heavy atom. The molecule has 92 valence electrons. The standard InChI is InChI=1S/C12H12N4O2/c1-8-10(3-2-5-14-8)18-11-7-9(4-6-15-11)12(13)16-17/h2-7,17H,1H3,(H2,13,16). The zero-order valence-electron chi connectivity index (χ0n) is 9.74. The van der Waals surface area contributed by atoms with Crippen molar-refractivity contribution in [2.75, 3.05) is 0 Å². The van der Waals surface area contributed by atoms with E-state index >= 15 is 0 Å². The first-order chi connectivity index (χ1) is 8.70. The van der Waals surface area contributed by atoms with Gasteiger partial charge in [0.05, 0.1) is 5.69 Å². The molecule has 0 radical (unpaired) electrons. The first kappa shape index (κ1) is 11.8. The lowest BCUT2D eigenvalue weighted by atomic mass is 10.2. The molecule has 2 rings (SSSR count). The Hall–Kier alpha value is -2.63. The van der Waals surface area contributed by atoms with E-state index < -0.39 is 0 Å². The maximum Gasteiger partial charge on any atom is 0.220 e. The Morgan fingerprint density at radius 2 is 2.17 bits per heavy atom. The van der Waals surface area contributed by atoms with Crippen LogP contribution in [0.15, 0.2) is 41.8 Å². The van der Waals surface area contributed by atoms with E-state index in [4.69, 9.17) is 15.7 Å². The van der Waals surface area contributed by atoms with E-state index in [-0.39, 0.29) is 5.84 Å². The number of oxime groups is 1. The predicted octanol–water partition coefficient (Wildman–Crippen LogP) is 1.67. The molecule has 0 aliphatic carbocycles. The van der Waals surface area contributed by atoms with Gasteiger partial charge in [-0.3, -0.25) is 4.98 Å². The van der Waals surface area contributed by atoms with Crippen LogP contribution in [0.5, 0.6) is 11.6 Å². The molecule has 0 atom stereocenters. The second kappa shape index (κ2) is 5.13. The summed E-state index contributed by atoms with van der Waals surface area (Å²) in [6, 6.07) is 6.77. The topological polar surface area (TPSA) is 93.6 Å². The van der Waals surface area contributed by atoms with Crippen LogP contribution in [0, 0.1) is 6.92 Å². The number of amidine groups is 1. The van der Waals surface area contributed by atoms with Gasteiger partial charge in [0.25, 0.3) is 0 Å². The van der Waals surface area contributed by atoms with Gasteiger partial charge in [0.15, 0.2) is 11.6 Å². The normalized spacial score (nSPS) is 11.3. The van der Waals surface area contributed by atoms with Gasteiger partial charge in [-0.25, -0.2) is 4.98 Å². The van der Waals surface area contributed by atoms with Crippen LogP contribution in [0.2, 0.25) is 0 Å². The van der Waals surface area contributed by atoms with Crippen LogP contribution >= 0.6 is 0 Å². The van der Waals surface area contributed by atoms with Crippen LogP contribution in [-0.2, 0) is 0 Å². The number of hydrogen-bond acceptors (Lipinski definition) is 5. The van der Waals surface area contributed by atoms with Crippen molar-refractivity contribution in [2.24, 2.45) is 10.9 Å². The largest absolute Gasteiger partial charge is 0.437 e. The van der Waals surface area contributed by atoms with E-state index in [2.05, 4.69) is 15.1 Å². The molecule has 3 N–H and O–H groups in total. The summed E-state index contributed by atoms with van der Waals surface area (Å²) in [5.41, 5.74) is 6.78. The van der Waals surface area contributed by atoms with Crippen molar-refractivity contribution in [2.45, 2.75) is 6.92 Å². The molecule has 0 aromatic carbocycles. The lowest BCUT2D eigenvalue weighted by Crippen LogP contribution is -2.13. The van der Waals surface area contributed by atoms with Crippen LogP contribution in [0.3, 0.4) is 0 Å². The fraction of sp³-hybridized carbons (Fsp3) is 0.0833. The molecule has 6 heteroatoms. The Kier molecular flexibility index (Phi) is 3.38. The van der Waals surface area contributed by atoms with Gasteiger partial charge in [0, 0.05) is 24.0 Å². The minimum absolute atomic E-state index is 0.00478. The molecule has 0 bridgehead atoms. The first-order valence-electron chi connectivity index (χ1n) is 5.24. The number of aryl methyl sites for hydroxylation is 1. The lowest BCUT2D eigenvalue weighted by Gasteiger charge is -2.07. The summed E-state index contributed by atoms with van der Waals surface area (Å²) in [6.45, 7) is 1.84. The minimum Gasteiger partial charge on any atom is -0.437 e. The van der Waals surface area contributed by atoms with Crippen molar-refractivity contribution < 1.29 is 9.94 Å². The summed E-state index contributed by atoms with van der Waals surface area (Å²) < 4.78 is 5.58. The van der Waals surface area contributed by atoms with Crippen molar-refractivity contribution in [3.05, 3.63) is 47.9 Å². The van der Waals surface area contributed by atoms with Gasteiger partial charge in [0.1, 0.15) is 0 Å². The quantitative estimate of drug-likeness (QED) is 0.371. The van der Waals surface area contributed by atoms with Gasteiger partial charge in [0.2, 0.25) is 5.88 Å². The van der Waals surface area contributed by atoms with Gasteiger partial charge in [-0.15, -0.1) is 0 Å². The average molecular weight is 244 g/mol. The fourth-order valence-electron chi connectivity index (χ4n) is 1.37. The number of ether oxygens (including phenoxy) is 1. The molecule has 0 aliphatic rings. The van der Waals surface area contributed by atoms with Crippen LogP contribution < -0.4 is 10.5 Å². The van der Waals surface area contributed by atoms with E-state index in [1.54, 1.807) is 30.5 Å². The summed E-state index contributed by atoms with van der Waals surface area (Å²) in [7, 11) is 0. The van der Waals surface area contributed by atoms with Crippen LogP contribution in [-0.4, -0.2) is 21.0 Å². The van der Waals surface area contributed by atoms with Gasteiger partial charge < -0.3 is 15.7 Å². The lowest BCUT2D eigenvalue weighted by molar-refractivity contribution is 0.318. The molecule has 0 unspecified atom stereocenters. The molecule has 6 nitrogen and oxygen atoms in total. The van der Waals surface area contributed by atoms with Crippen molar-refractivity contribution in [3.63, 3.8) is 0 Å². The number of rotatable bonds is 3. The second-order valence-electron chi connectivity index (χ2n) is 3.56. The molecular formula is C12H12N4O2. The molecule has 0 aliphatic heterocycles. The molecule has 0 saturated heterocycles. The van der Waals surface area contributed by atoms with Crippen molar-refractivity contribution in [1.82, 2.24) is 9.97 Å². The highest BCUT2D eigenvalue weighted by molar-refractivity contribution is 5.97. The zero-order chi connectivity index (χ0) is 13.0. The molecule has 0 spiro atoms. The number of nitrogens with two attached hydrogens (primary N) is 1. The summed E-state index contributed by atoms with van der Waals surface area (Å²) in [4.78, 5) is 8.16. The van der Waals surface area contributed by atoms with Crippen LogP contribution in [0.25, 0.3) is 0 Å². The van der Waals surface area contributed by atoms with Crippen molar-refractivity contribution >= 4 is 5.84 Å². The Labute approximate surface area is 104 Å². The minimum atomic E-state index is 0.00478. The summed E-state index contributed by atoms with van der Waals surface area (Å²) in [6.07, 6.45) is 3.21. The highest BCUT2D eigenvalue weighted by atomic mass is 16.5. The monoisotopic (exact) mass is 244 g/mol. The summed E-state index contributed by atoms with van der Waals surface area (Å²) in [5.74, 6) is 0.974. The molecule has 2 heterocycles. The number of nitrogens with zero attached hydrogens (tertiary/aromatic N) is 3. The Balaban J connectivity index is 2.28. The third-order valence-electron chi connectivity index (χ3n) is 2.31. The van der Waals surface area contributed by atoms with E-state index in [9.17, 15) is 0 Å². The SMILES string of the molecule is Cc1ncccc1Oc1cc(/C(N)=N/O)ccn1. The van der Waals surface area contributed by atoms with Crippen LogP contribution in [0.4, 0.5) is 0 Å². The fourth-order valence-corrected chi connectivity index (χ4v) is 1.37. The zero-order valence-corrected chi connectivity index (χ0v) is 9.74. The third-order valence-corrected chi connectivity index (χ3v) is 2.31. The average Bonchev–Trinajstić information content (AvgIpc) is 2.41. The molecule has 18 heavy (non-hydrogen) atoms. The summed E-state index contributed by atoms with van der Waals surface area (Å²) >= 11 is 0.